The first-order chi connectivity index (χ1) is 15.2. The highest BCUT2D eigenvalue weighted by atomic mass is 32.1. The van der Waals surface area contributed by atoms with Gasteiger partial charge in [-0.3, -0.25) is 14.7 Å². The third-order valence-electron chi connectivity index (χ3n) is 5.49. The Morgan fingerprint density at radius 3 is 2.77 bits per heavy atom. The van der Waals surface area contributed by atoms with E-state index in [2.05, 4.69) is 43.0 Å². The fourth-order valence-corrected chi connectivity index (χ4v) is 4.56. The molecule has 2 aromatic rings. The molecule has 0 radical (unpaired) electrons. The Labute approximate surface area is 189 Å². The van der Waals surface area contributed by atoms with Crippen LogP contribution in [-0.4, -0.2) is 73.0 Å². The molecule has 3 heterocycles. The van der Waals surface area contributed by atoms with Crippen LogP contribution in [0, 0.1) is 0 Å². The van der Waals surface area contributed by atoms with Crippen molar-refractivity contribution >= 4 is 23.2 Å². The van der Waals surface area contributed by atoms with Crippen LogP contribution in [0.3, 0.4) is 0 Å². The summed E-state index contributed by atoms with van der Waals surface area (Å²) in [7, 11) is 1.82. The normalized spacial score (nSPS) is 15.6. The molecule has 31 heavy (non-hydrogen) atoms. The smallest absolute Gasteiger partial charge is 0.244 e. The maximum absolute atomic E-state index is 12.5. The number of hydrogen-bond acceptors (Lipinski definition) is 5. The monoisotopic (exact) mass is 442 g/mol. The van der Waals surface area contributed by atoms with E-state index in [0.717, 1.165) is 38.3 Å². The molecule has 1 atom stereocenters. The number of pyridine rings is 1. The lowest BCUT2D eigenvalue weighted by atomic mass is 10.2. The quantitative estimate of drug-likeness (QED) is 0.437. The number of rotatable bonds is 10. The van der Waals surface area contributed by atoms with Crippen molar-refractivity contribution in [1.29, 1.82) is 0 Å². The van der Waals surface area contributed by atoms with Crippen LogP contribution in [0.4, 0.5) is 0 Å². The summed E-state index contributed by atoms with van der Waals surface area (Å²) < 4.78 is 0. The van der Waals surface area contributed by atoms with E-state index in [1.807, 2.05) is 32.2 Å². The third kappa shape index (κ3) is 7.33. The number of nitrogens with one attached hydrogen (secondary N) is 2. The molecule has 1 saturated heterocycles. The fraction of sp³-hybridized carbons (Fsp3) is 0.522. The first-order valence-corrected chi connectivity index (χ1v) is 12.0. The van der Waals surface area contributed by atoms with Crippen LogP contribution in [0.2, 0.25) is 0 Å². The van der Waals surface area contributed by atoms with E-state index >= 15 is 0 Å². The maximum atomic E-state index is 12.5. The van der Waals surface area contributed by atoms with Crippen molar-refractivity contribution in [1.82, 2.24) is 25.4 Å². The molecular weight excluding hydrogens is 408 g/mol. The van der Waals surface area contributed by atoms with Gasteiger partial charge in [-0.2, -0.15) is 0 Å². The molecule has 1 amide bonds. The molecule has 1 aliphatic heterocycles. The molecule has 168 valence electrons. The average Bonchev–Trinajstić information content (AvgIpc) is 3.51. The largest absolute Gasteiger partial charge is 0.357 e. The fourth-order valence-electron chi connectivity index (χ4n) is 3.70. The number of thiophene rings is 1. The highest BCUT2D eigenvalue weighted by Gasteiger charge is 2.24. The highest BCUT2D eigenvalue weighted by molar-refractivity contribution is 7.10. The summed E-state index contributed by atoms with van der Waals surface area (Å²) in [5.74, 6) is 0.692. The lowest BCUT2D eigenvalue weighted by Crippen LogP contribution is -2.43. The van der Waals surface area contributed by atoms with Gasteiger partial charge < -0.3 is 15.5 Å². The Balaban J connectivity index is 1.52. The van der Waals surface area contributed by atoms with Gasteiger partial charge in [0.25, 0.3) is 0 Å². The number of carbonyl (C=O) groups is 1. The summed E-state index contributed by atoms with van der Waals surface area (Å²) in [4.78, 5) is 27.0. The van der Waals surface area contributed by atoms with E-state index < -0.39 is 0 Å². The molecule has 8 heteroatoms. The number of amides is 1. The van der Waals surface area contributed by atoms with Gasteiger partial charge in [0.05, 0.1) is 6.04 Å². The Kier molecular flexibility index (Phi) is 9.30. The molecule has 0 bridgehead atoms. The van der Waals surface area contributed by atoms with Crippen molar-refractivity contribution in [2.75, 3.05) is 46.3 Å². The molecule has 2 aromatic heterocycles. The molecule has 1 unspecified atom stereocenters. The van der Waals surface area contributed by atoms with E-state index in [4.69, 9.17) is 0 Å². The number of aromatic nitrogens is 1. The van der Waals surface area contributed by atoms with Crippen molar-refractivity contribution in [3.05, 3.63) is 52.5 Å². The highest BCUT2D eigenvalue weighted by Crippen LogP contribution is 2.27. The van der Waals surface area contributed by atoms with Gasteiger partial charge in [0.1, 0.15) is 6.54 Å². The second kappa shape index (κ2) is 12.4. The zero-order chi connectivity index (χ0) is 21.9. The number of likely N-dealkylation sites (tertiary alicyclic amines) is 1. The first-order valence-electron chi connectivity index (χ1n) is 11.1. The number of aliphatic imine (C=N–C) groups is 1. The molecule has 1 aliphatic rings. The summed E-state index contributed by atoms with van der Waals surface area (Å²) in [6.07, 6.45) is 5.04. The zero-order valence-electron chi connectivity index (χ0n) is 18.6. The molecule has 3 rings (SSSR count). The number of carbonyl (C=O) groups excluding carboxylic acids is 1. The molecule has 1 fully saturated rings. The van der Waals surface area contributed by atoms with Gasteiger partial charge in [-0.15, -0.1) is 11.3 Å². The molecule has 0 saturated carbocycles. The van der Waals surface area contributed by atoms with Gasteiger partial charge in [-0.25, -0.2) is 4.99 Å². The van der Waals surface area contributed by atoms with Crippen LogP contribution in [-0.2, 0) is 11.2 Å². The predicted molar refractivity (Wildman–Crippen MR) is 127 cm³/mol. The van der Waals surface area contributed by atoms with E-state index in [1.54, 1.807) is 22.4 Å². The lowest BCUT2D eigenvalue weighted by molar-refractivity contribution is -0.128. The Bertz CT molecular complexity index is 805. The van der Waals surface area contributed by atoms with Gasteiger partial charge >= 0.3 is 0 Å². The van der Waals surface area contributed by atoms with Gasteiger partial charge in [-0.05, 0) is 56.4 Å². The lowest BCUT2D eigenvalue weighted by Gasteiger charge is -2.27. The van der Waals surface area contributed by atoms with Crippen LogP contribution in [0.1, 0.15) is 36.4 Å². The van der Waals surface area contributed by atoms with E-state index in [9.17, 15) is 4.79 Å². The number of guanidine groups is 1. The molecule has 0 aromatic carbocycles. The number of hydrogen-bond donors (Lipinski definition) is 2. The van der Waals surface area contributed by atoms with E-state index in [-0.39, 0.29) is 12.5 Å². The minimum absolute atomic E-state index is 0.00230. The summed E-state index contributed by atoms with van der Waals surface area (Å²) >= 11 is 1.80. The van der Waals surface area contributed by atoms with Crippen molar-refractivity contribution in [3.8, 4) is 0 Å². The van der Waals surface area contributed by atoms with Crippen LogP contribution in [0.5, 0.6) is 0 Å². The minimum Gasteiger partial charge on any atom is -0.357 e. The predicted octanol–water partition coefficient (Wildman–Crippen LogP) is 2.54. The van der Waals surface area contributed by atoms with Crippen LogP contribution >= 0.6 is 11.3 Å². The number of likely N-dealkylation sites (N-methyl/N-ethyl adjacent to an activating group) is 1. The second-order valence-electron chi connectivity index (χ2n) is 7.74. The second-order valence-corrected chi connectivity index (χ2v) is 8.72. The Morgan fingerprint density at radius 1 is 1.26 bits per heavy atom. The standard InChI is InChI=1S/C23H34N6OS/c1-3-24-23(26-17-20(21-10-8-16-31-21)29-13-6-7-14-29)27-18-22(30)28(2)15-11-19-9-4-5-12-25-19/h4-5,8-10,12,16,20H,3,6-7,11,13-15,17-18H2,1-2H3,(H2,24,26,27). The number of nitrogens with zero attached hydrogens (tertiary/aromatic N) is 4. The molecule has 7 nitrogen and oxygen atoms in total. The van der Waals surface area contributed by atoms with Crippen LogP contribution in [0.15, 0.2) is 46.9 Å². The molecule has 0 spiro atoms. The topological polar surface area (TPSA) is 72.9 Å². The van der Waals surface area contributed by atoms with Gasteiger partial charge in [0.2, 0.25) is 5.91 Å². The summed E-state index contributed by atoms with van der Waals surface area (Å²) in [6, 6.07) is 10.5. The van der Waals surface area contributed by atoms with Gasteiger partial charge in [-0.1, -0.05) is 12.1 Å². The summed E-state index contributed by atoms with van der Waals surface area (Å²) in [5, 5.41) is 8.87. The van der Waals surface area contributed by atoms with Gasteiger partial charge in [0.15, 0.2) is 5.96 Å². The van der Waals surface area contributed by atoms with Crippen molar-refractivity contribution < 1.29 is 4.79 Å². The minimum atomic E-state index is 0.00230. The van der Waals surface area contributed by atoms with Gasteiger partial charge in [0, 0.05) is 49.9 Å². The zero-order valence-corrected chi connectivity index (χ0v) is 19.4. The maximum Gasteiger partial charge on any atom is 0.244 e. The van der Waals surface area contributed by atoms with Crippen LogP contribution in [0.25, 0.3) is 0 Å². The summed E-state index contributed by atoms with van der Waals surface area (Å²) in [6.45, 7) is 6.59. The van der Waals surface area contributed by atoms with Crippen molar-refractivity contribution in [2.45, 2.75) is 32.2 Å². The average molecular weight is 443 g/mol. The third-order valence-corrected chi connectivity index (χ3v) is 6.46. The molecular formula is C23H34N6OS. The Morgan fingerprint density at radius 2 is 2.10 bits per heavy atom. The molecule has 0 aliphatic carbocycles. The Hall–Kier alpha value is -2.45. The molecule has 2 N–H and O–H groups in total. The summed E-state index contributed by atoms with van der Waals surface area (Å²) in [5.41, 5.74) is 0.988. The van der Waals surface area contributed by atoms with Crippen LogP contribution < -0.4 is 10.6 Å². The van der Waals surface area contributed by atoms with Crippen molar-refractivity contribution in [2.24, 2.45) is 4.99 Å². The SMILES string of the molecule is CCNC(=NCC(=O)N(C)CCc1ccccn1)NCC(c1cccs1)N1CCCC1. The van der Waals surface area contributed by atoms with E-state index in [0.29, 0.717) is 18.5 Å². The first kappa shape index (κ1) is 23.2. The van der Waals surface area contributed by atoms with Crippen molar-refractivity contribution in [3.63, 3.8) is 0 Å². The van der Waals surface area contributed by atoms with E-state index in [1.165, 1.54) is 17.7 Å².